The van der Waals surface area contributed by atoms with E-state index in [-0.39, 0.29) is 24.0 Å². The molecular weight excluding hydrogens is 284 g/mol. The lowest BCUT2D eigenvalue weighted by Crippen LogP contribution is -2.21. The minimum Gasteiger partial charge on any atom is -0.481 e. The molecular formula is C17H28O5. The van der Waals surface area contributed by atoms with Crippen molar-refractivity contribution in [3.63, 3.8) is 0 Å². The molecule has 22 heavy (non-hydrogen) atoms. The number of esters is 1. The average Bonchev–Trinajstić information content (AvgIpc) is 2.57. The summed E-state index contributed by atoms with van der Waals surface area (Å²) in [5.74, 6) is -0.858. The van der Waals surface area contributed by atoms with Gasteiger partial charge in [-0.25, -0.2) is 0 Å². The summed E-state index contributed by atoms with van der Waals surface area (Å²) in [5, 5.41) is 8.54. The van der Waals surface area contributed by atoms with Gasteiger partial charge in [0.25, 0.3) is 0 Å². The number of hydrogen-bond acceptors (Lipinski definition) is 4. The lowest BCUT2D eigenvalue weighted by atomic mass is 9.85. The second kappa shape index (κ2) is 10.4. The van der Waals surface area contributed by atoms with Crippen molar-refractivity contribution in [1.82, 2.24) is 0 Å². The molecule has 2 saturated carbocycles. The molecule has 0 atom stereocenters. The summed E-state index contributed by atoms with van der Waals surface area (Å²) in [5.41, 5.74) is 0. The van der Waals surface area contributed by atoms with Crippen LogP contribution in [0.25, 0.3) is 0 Å². The second-order valence-electron chi connectivity index (χ2n) is 6.23. The largest absolute Gasteiger partial charge is 0.481 e. The lowest BCUT2D eigenvalue weighted by Gasteiger charge is -2.19. The van der Waals surface area contributed by atoms with E-state index in [0.717, 1.165) is 51.4 Å². The van der Waals surface area contributed by atoms with Gasteiger partial charge in [-0.2, -0.15) is 0 Å². The molecule has 0 spiro atoms. The molecule has 5 nitrogen and oxygen atoms in total. The topological polar surface area (TPSA) is 80.7 Å². The van der Waals surface area contributed by atoms with Gasteiger partial charge in [-0.3, -0.25) is 14.4 Å². The predicted molar refractivity (Wildman–Crippen MR) is 82.4 cm³/mol. The van der Waals surface area contributed by atoms with Crippen LogP contribution in [-0.2, 0) is 19.1 Å². The summed E-state index contributed by atoms with van der Waals surface area (Å²) in [7, 11) is 1.32. The first-order chi connectivity index (χ1) is 10.5. The normalized spacial score (nSPS) is 19.7. The van der Waals surface area contributed by atoms with Crippen LogP contribution in [0.3, 0.4) is 0 Å². The van der Waals surface area contributed by atoms with Gasteiger partial charge < -0.3 is 9.84 Å². The van der Waals surface area contributed by atoms with E-state index in [1.807, 2.05) is 0 Å². The van der Waals surface area contributed by atoms with E-state index in [1.165, 1.54) is 20.0 Å². The first kappa shape index (κ1) is 18.7. The van der Waals surface area contributed by atoms with E-state index in [4.69, 9.17) is 5.11 Å². The predicted octanol–water partition coefficient (Wildman–Crippen LogP) is 3.35. The Kier molecular flexibility index (Phi) is 8.78. The van der Waals surface area contributed by atoms with Gasteiger partial charge in [-0.05, 0) is 25.7 Å². The first-order valence-electron chi connectivity index (χ1n) is 8.37. The summed E-state index contributed by atoms with van der Waals surface area (Å²) < 4.78 is 4.45. The Hall–Kier alpha value is -1.39. The first-order valence-corrected chi connectivity index (χ1v) is 8.37. The van der Waals surface area contributed by atoms with Gasteiger partial charge in [0.15, 0.2) is 0 Å². The number of aliphatic carboxylic acids is 1. The Balaban J connectivity index is 0.000000235. The van der Waals surface area contributed by atoms with Gasteiger partial charge in [0.2, 0.25) is 0 Å². The quantitative estimate of drug-likeness (QED) is 0.636. The molecule has 0 aromatic carbocycles. The fourth-order valence-corrected chi connectivity index (χ4v) is 3.13. The van der Waals surface area contributed by atoms with E-state index in [2.05, 4.69) is 4.74 Å². The SMILES string of the molecule is COC(=O)CC(=O)C1CCCCC1.O=C(O)C1CCCCC1. The molecule has 0 aromatic heterocycles. The van der Waals surface area contributed by atoms with E-state index in [0.29, 0.717) is 0 Å². The van der Waals surface area contributed by atoms with Crippen molar-refractivity contribution in [3.05, 3.63) is 0 Å². The van der Waals surface area contributed by atoms with E-state index < -0.39 is 11.9 Å². The van der Waals surface area contributed by atoms with Gasteiger partial charge in [0.1, 0.15) is 12.2 Å². The van der Waals surface area contributed by atoms with Crippen LogP contribution in [0.15, 0.2) is 0 Å². The molecule has 0 amide bonds. The Bertz CT molecular complexity index is 365. The number of methoxy groups -OCH3 is 1. The Morgan fingerprint density at radius 3 is 1.68 bits per heavy atom. The van der Waals surface area contributed by atoms with Crippen molar-refractivity contribution >= 4 is 17.7 Å². The number of carboxylic acid groups (broad SMARTS) is 1. The zero-order chi connectivity index (χ0) is 16.4. The van der Waals surface area contributed by atoms with Gasteiger partial charge in [0, 0.05) is 5.92 Å². The fourth-order valence-electron chi connectivity index (χ4n) is 3.13. The molecule has 2 aliphatic rings. The third-order valence-electron chi connectivity index (χ3n) is 4.56. The maximum absolute atomic E-state index is 11.5. The number of carbonyl (C=O) groups is 3. The molecule has 0 aliphatic heterocycles. The third kappa shape index (κ3) is 7.05. The number of hydrogen-bond donors (Lipinski definition) is 1. The highest BCUT2D eigenvalue weighted by Gasteiger charge is 2.23. The molecule has 1 N–H and O–H groups in total. The van der Waals surface area contributed by atoms with Crippen LogP contribution in [0.5, 0.6) is 0 Å². The summed E-state index contributed by atoms with van der Waals surface area (Å²) in [6.45, 7) is 0. The van der Waals surface area contributed by atoms with Crippen molar-refractivity contribution in [2.75, 3.05) is 7.11 Å². The summed E-state index contributed by atoms with van der Waals surface area (Å²) >= 11 is 0. The standard InChI is InChI=1S/C10H16O3.C7H12O2/c1-13-10(12)7-9(11)8-5-3-2-4-6-8;8-7(9)6-4-2-1-3-5-6/h8H,2-7H2,1H3;6H,1-5H2,(H,8,9). The Labute approximate surface area is 132 Å². The van der Waals surface area contributed by atoms with Crippen LogP contribution >= 0.6 is 0 Å². The highest BCUT2D eigenvalue weighted by Crippen LogP contribution is 2.25. The Morgan fingerprint density at radius 1 is 0.864 bits per heavy atom. The van der Waals surface area contributed by atoms with Gasteiger partial charge in [-0.15, -0.1) is 0 Å². The zero-order valence-corrected chi connectivity index (χ0v) is 13.5. The number of ketones is 1. The summed E-state index contributed by atoms with van der Waals surface area (Å²) in [6, 6.07) is 0. The molecule has 2 fully saturated rings. The second-order valence-corrected chi connectivity index (χ2v) is 6.23. The van der Waals surface area contributed by atoms with Crippen molar-refractivity contribution in [2.24, 2.45) is 11.8 Å². The van der Waals surface area contributed by atoms with Crippen molar-refractivity contribution in [2.45, 2.75) is 70.6 Å². The van der Waals surface area contributed by atoms with Crippen LogP contribution < -0.4 is 0 Å². The molecule has 0 unspecified atom stereocenters. The molecule has 0 heterocycles. The van der Waals surface area contributed by atoms with E-state index in [9.17, 15) is 14.4 Å². The minimum atomic E-state index is -0.602. The molecule has 0 saturated heterocycles. The highest BCUT2D eigenvalue weighted by molar-refractivity contribution is 5.96. The van der Waals surface area contributed by atoms with Gasteiger partial charge in [-0.1, -0.05) is 38.5 Å². The molecule has 5 heteroatoms. The maximum Gasteiger partial charge on any atom is 0.313 e. The van der Waals surface area contributed by atoms with E-state index in [1.54, 1.807) is 0 Å². The van der Waals surface area contributed by atoms with Gasteiger partial charge >= 0.3 is 11.9 Å². The highest BCUT2D eigenvalue weighted by atomic mass is 16.5. The molecule has 2 aliphatic carbocycles. The van der Waals surface area contributed by atoms with Crippen LogP contribution in [0.1, 0.15) is 70.6 Å². The summed E-state index contributed by atoms with van der Waals surface area (Å²) in [4.78, 5) is 32.6. The number of ether oxygens (including phenoxy) is 1. The number of carboxylic acids is 1. The monoisotopic (exact) mass is 312 g/mol. The average molecular weight is 312 g/mol. The molecule has 0 radical (unpaired) electrons. The summed E-state index contributed by atoms with van der Waals surface area (Å²) in [6.07, 6.45) is 10.6. The van der Waals surface area contributed by atoms with E-state index >= 15 is 0 Å². The van der Waals surface area contributed by atoms with Crippen LogP contribution in [-0.4, -0.2) is 29.9 Å². The molecule has 0 aromatic rings. The van der Waals surface area contributed by atoms with Crippen molar-refractivity contribution in [1.29, 1.82) is 0 Å². The number of carbonyl (C=O) groups excluding carboxylic acids is 2. The minimum absolute atomic E-state index is 0.0289. The fraction of sp³-hybridized carbons (Fsp3) is 0.824. The van der Waals surface area contributed by atoms with Gasteiger partial charge in [0.05, 0.1) is 13.0 Å². The molecule has 126 valence electrons. The van der Waals surface area contributed by atoms with Crippen molar-refractivity contribution in [3.8, 4) is 0 Å². The third-order valence-corrected chi connectivity index (χ3v) is 4.56. The Morgan fingerprint density at radius 2 is 1.32 bits per heavy atom. The molecule has 0 bridgehead atoms. The van der Waals surface area contributed by atoms with Crippen LogP contribution in [0.2, 0.25) is 0 Å². The number of rotatable bonds is 4. The smallest absolute Gasteiger partial charge is 0.313 e. The molecule has 2 rings (SSSR count). The maximum atomic E-state index is 11.5. The van der Waals surface area contributed by atoms with Crippen LogP contribution in [0.4, 0.5) is 0 Å². The van der Waals surface area contributed by atoms with Crippen LogP contribution in [0, 0.1) is 11.8 Å². The number of Topliss-reactive ketones (excluding diaryl/α,β-unsaturated/α-hetero) is 1. The van der Waals surface area contributed by atoms with Crippen molar-refractivity contribution < 1.29 is 24.2 Å². The zero-order valence-electron chi connectivity index (χ0n) is 13.5. The lowest BCUT2D eigenvalue weighted by molar-refractivity contribution is -0.145.